The van der Waals surface area contributed by atoms with Crippen LogP contribution in [0.1, 0.15) is 27.3 Å². The Morgan fingerprint density at radius 3 is 2.67 bits per heavy atom. The molecule has 2 aromatic carbocycles. The van der Waals surface area contributed by atoms with Crippen molar-refractivity contribution in [3.8, 4) is 17.2 Å². The average Bonchev–Trinajstić information content (AvgIpc) is 3.46. The smallest absolute Gasteiger partial charge is 0.215 e. The lowest BCUT2D eigenvalue weighted by molar-refractivity contribution is 0.103. The number of nitrogens with zero attached hydrogens (tertiary/aromatic N) is 1. The number of methoxy groups -OCH3 is 1. The lowest BCUT2D eigenvalue weighted by Crippen LogP contribution is -2.09. The summed E-state index contributed by atoms with van der Waals surface area (Å²) in [6, 6.07) is 20.5. The molecule has 0 fully saturated rings. The largest absolute Gasteiger partial charge is 0.496 e. The Kier molecular flexibility index (Phi) is 5.68. The number of rotatable bonds is 8. The number of H-pyrrole nitrogens is 1. The zero-order valence-corrected chi connectivity index (χ0v) is 16.5. The van der Waals surface area contributed by atoms with Crippen molar-refractivity contribution < 1.29 is 19.4 Å². The van der Waals surface area contributed by atoms with Crippen LogP contribution in [0, 0.1) is 0 Å². The Morgan fingerprint density at radius 1 is 1.07 bits per heavy atom. The summed E-state index contributed by atoms with van der Waals surface area (Å²) in [5.41, 5.74) is 3.25. The fourth-order valence-electron chi connectivity index (χ4n) is 3.35. The van der Waals surface area contributed by atoms with E-state index in [4.69, 9.17) is 9.47 Å². The molecule has 0 aliphatic heterocycles. The molecule has 2 N–H and O–H groups in total. The Labute approximate surface area is 174 Å². The van der Waals surface area contributed by atoms with E-state index in [-0.39, 0.29) is 12.4 Å². The first kappa shape index (κ1) is 19.5. The van der Waals surface area contributed by atoms with Gasteiger partial charge in [0.15, 0.2) is 0 Å². The molecule has 2 aromatic heterocycles. The van der Waals surface area contributed by atoms with Gasteiger partial charge in [-0.3, -0.25) is 4.79 Å². The molecule has 0 amide bonds. The SMILES string of the molecule is COc1cc(OCc2ccccc2)ccc1C(=O)c1[nH]ccc1-n1cccc1CO. The minimum atomic E-state index is -0.209. The number of aromatic amines is 1. The third-order valence-corrected chi connectivity index (χ3v) is 4.87. The van der Waals surface area contributed by atoms with Crippen LogP contribution in [0.5, 0.6) is 11.5 Å². The third-order valence-electron chi connectivity index (χ3n) is 4.87. The maximum absolute atomic E-state index is 13.3. The average molecular weight is 402 g/mol. The van der Waals surface area contributed by atoms with Crippen LogP contribution >= 0.6 is 0 Å². The molecule has 2 heterocycles. The molecule has 0 unspecified atom stereocenters. The van der Waals surface area contributed by atoms with E-state index < -0.39 is 0 Å². The molecule has 4 aromatic rings. The molecule has 0 saturated carbocycles. The van der Waals surface area contributed by atoms with Crippen molar-refractivity contribution in [2.45, 2.75) is 13.2 Å². The van der Waals surface area contributed by atoms with Crippen LogP contribution in [0.15, 0.2) is 79.1 Å². The summed E-state index contributed by atoms with van der Waals surface area (Å²) in [5, 5.41) is 9.55. The van der Waals surface area contributed by atoms with E-state index in [1.54, 1.807) is 41.1 Å². The Hall–Kier alpha value is -3.77. The van der Waals surface area contributed by atoms with E-state index in [1.807, 2.05) is 42.6 Å². The van der Waals surface area contributed by atoms with Crippen LogP contribution in [0.2, 0.25) is 0 Å². The predicted octanol–water partition coefficient (Wildman–Crippen LogP) is 4.12. The number of hydrogen-bond donors (Lipinski definition) is 2. The van der Waals surface area contributed by atoms with Gasteiger partial charge in [-0.05, 0) is 35.9 Å². The molecule has 30 heavy (non-hydrogen) atoms. The zero-order chi connectivity index (χ0) is 20.9. The zero-order valence-electron chi connectivity index (χ0n) is 16.5. The van der Waals surface area contributed by atoms with Crippen LogP contribution in [-0.2, 0) is 13.2 Å². The molecule has 4 rings (SSSR count). The number of carbonyl (C=O) groups excluding carboxylic acids is 1. The second-order valence-electron chi connectivity index (χ2n) is 6.73. The summed E-state index contributed by atoms with van der Waals surface area (Å²) in [6.45, 7) is 0.304. The molecular formula is C24H22N2O4. The van der Waals surface area contributed by atoms with Gasteiger partial charge in [0.2, 0.25) is 5.78 Å². The number of aliphatic hydroxyl groups is 1. The van der Waals surface area contributed by atoms with Crippen LogP contribution in [-0.4, -0.2) is 27.6 Å². The van der Waals surface area contributed by atoms with E-state index in [0.717, 1.165) is 5.56 Å². The van der Waals surface area contributed by atoms with Crippen molar-refractivity contribution in [1.29, 1.82) is 0 Å². The highest BCUT2D eigenvalue weighted by atomic mass is 16.5. The van der Waals surface area contributed by atoms with Crippen molar-refractivity contribution in [1.82, 2.24) is 9.55 Å². The number of ketones is 1. The van der Waals surface area contributed by atoms with Gasteiger partial charge < -0.3 is 24.1 Å². The van der Waals surface area contributed by atoms with Crippen LogP contribution in [0.25, 0.3) is 5.69 Å². The summed E-state index contributed by atoms with van der Waals surface area (Å²) >= 11 is 0. The molecular weight excluding hydrogens is 380 g/mol. The maximum Gasteiger partial charge on any atom is 0.215 e. The van der Waals surface area contributed by atoms with E-state index in [0.29, 0.717) is 40.7 Å². The van der Waals surface area contributed by atoms with E-state index in [9.17, 15) is 9.90 Å². The number of aliphatic hydroxyl groups excluding tert-OH is 1. The van der Waals surface area contributed by atoms with Crippen LogP contribution in [0.3, 0.4) is 0 Å². The van der Waals surface area contributed by atoms with E-state index in [2.05, 4.69) is 4.98 Å². The van der Waals surface area contributed by atoms with Crippen molar-refractivity contribution in [2.24, 2.45) is 0 Å². The molecule has 6 nitrogen and oxygen atoms in total. The number of benzene rings is 2. The molecule has 0 spiro atoms. The summed E-state index contributed by atoms with van der Waals surface area (Å²) in [6.07, 6.45) is 3.51. The molecule has 6 heteroatoms. The van der Waals surface area contributed by atoms with Crippen LogP contribution in [0.4, 0.5) is 0 Å². The minimum Gasteiger partial charge on any atom is -0.496 e. The second-order valence-corrected chi connectivity index (χ2v) is 6.73. The van der Waals surface area contributed by atoms with Gasteiger partial charge in [-0.2, -0.15) is 0 Å². The number of ether oxygens (including phenoxy) is 2. The molecule has 152 valence electrons. The third kappa shape index (κ3) is 3.86. The number of carbonyl (C=O) groups is 1. The van der Waals surface area contributed by atoms with Gasteiger partial charge in [0, 0.05) is 24.2 Å². The summed E-state index contributed by atoms with van der Waals surface area (Å²) < 4.78 is 13.1. The minimum absolute atomic E-state index is 0.122. The van der Waals surface area contributed by atoms with Gasteiger partial charge in [0.1, 0.15) is 23.8 Å². The quantitative estimate of drug-likeness (QED) is 0.435. The fraction of sp³-hybridized carbons (Fsp3) is 0.125. The Morgan fingerprint density at radius 2 is 1.90 bits per heavy atom. The van der Waals surface area contributed by atoms with Gasteiger partial charge in [-0.25, -0.2) is 0 Å². The molecule has 0 aliphatic rings. The van der Waals surface area contributed by atoms with Gasteiger partial charge in [0.05, 0.1) is 25.0 Å². The first-order valence-corrected chi connectivity index (χ1v) is 9.55. The molecule has 0 atom stereocenters. The highest BCUT2D eigenvalue weighted by molar-refractivity contribution is 6.11. The van der Waals surface area contributed by atoms with Gasteiger partial charge >= 0.3 is 0 Å². The van der Waals surface area contributed by atoms with Crippen molar-refractivity contribution in [3.05, 3.63) is 102 Å². The first-order valence-electron chi connectivity index (χ1n) is 9.55. The highest BCUT2D eigenvalue weighted by Crippen LogP contribution is 2.29. The normalized spacial score (nSPS) is 10.7. The number of aromatic nitrogens is 2. The summed E-state index contributed by atoms with van der Waals surface area (Å²) in [4.78, 5) is 16.3. The highest BCUT2D eigenvalue weighted by Gasteiger charge is 2.21. The number of hydrogen-bond acceptors (Lipinski definition) is 4. The lowest BCUT2D eigenvalue weighted by Gasteiger charge is -2.13. The molecule has 0 aliphatic carbocycles. The molecule has 0 saturated heterocycles. The monoisotopic (exact) mass is 402 g/mol. The summed E-state index contributed by atoms with van der Waals surface area (Å²) in [5.74, 6) is 0.840. The Bertz CT molecular complexity index is 1140. The van der Waals surface area contributed by atoms with Gasteiger partial charge in [-0.15, -0.1) is 0 Å². The first-order chi connectivity index (χ1) is 14.7. The van der Waals surface area contributed by atoms with E-state index >= 15 is 0 Å². The van der Waals surface area contributed by atoms with Crippen LogP contribution < -0.4 is 9.47 Å². The molecule has 0 radical (unpaired) electrons. The fourth-order valence-corrected chi connectivity index (χ4v) is 3.35. The summed E-state index contributed by atoms with van der Waals surface area (Å²) in [7, 11) is 1.53. The molecule has 0 bridgehead atoms. The topological polar surface area (TPSA) is 76.5 Å². The van der Waals surface area contributed by atoms with Crippen molar-refractivity contribution in [3.63, 3.8) is 0 Å². The lowest BCUT2D eigenvalue weighted by atomic mass is 10.1. The van der Waals surface area contributed by atoms with E-state index in [1.165, 1.54) is 7.11 Å². The Balaban J connectivity index is 1.60. The van der Waals surface area contributed by atoms with Gasteiger partial charge in [0.25, 0.3) is 0 Å². The predicted molar refractivity (Wildman–Crippen MR) is 113 cm³/mol. The second kappa shape index (κ2) is 8.71. The van der Waals surface area contributed by atoms with Crippen molar-refractivity contribution in [2.75, 3.05) is 7.11 Å². The van der Waals surface area contributed by atoms with Gasteiger partial charge in [-0.1, -0.05) is 30.3 Å². The standard InChI is InChI=1S/C24H22N2O4/c1-29-22-14-19(30-16-17-6-3-2-4-7-17)9-10-20(22)24(28)23-21(11-12-25-23)26-13-5-8-18(26)15-27/h2-14,25,27H,15-16H2,1H3. The van der Waals surface area contributed by atoms with Crippen molar-refractivity contribution >= 4 is 5.78 Å². The maximum atomic E-state index is 13.3. The number of nitrogens with one attached hydrogen (secondary N) is 1.